The van der Waals surface area contributed by atoms with E-state index in [1.165, 1.54) is 12.7 Å². The maximum absolute atomic E-state index is 11.7. The topological polar surface area (TPSA) is 77.2 Å². The van der Waals surface area contributed by atoms with Crippen LogP contribution in [0.5, 0.6) is 0 Å². The molecule has 0 radical (unpaired) electrons. The number of ether oxygens (including phenoxy) is 1. The molecule has 0 aliphatic rings. The quantitative estimate of drug-likeness (QED) is 0.693. The standard InChI is InChI=1S/C18H16ClN3O3/c1-11-3-5-12(6-4-11)17-21-16(25-22-17)10-20-13-7-8-15(19)14(9-13)18(23)24-2/h3-9,20H,10H2,1-2H3. The van der Waals surface area contributed by atoms with Gasteiger partial charge in [0.1, 0.15) is 0 Å². The number of aromatic nitrogens is 2. The van der Waals surface area contributed by atoms with Crippen molar-refractivity contribution in [2.75, 3.05) is 12.4 Å². The highest BCUT2D eigenvalue weighted by Crippen LogP contribution is 2.22. The number of anilines is 1. The summed E-state index contributed by atoms with van der Waals surface area (Å²) in [7, 11) is 1.31. The van der Waals surface area contributed by atoms with Gasteiger partial charge in [0.15, 0.2) is 0 Å². The largest absolute Gasteiger partial charge is 0.465 e. The number of nitrogens with one attached hydrogen (secondary N) is 1. The number of aryl methyl sites for hydroxylation is 1. The molecule has 0 unspecified atom stereocenters. The molecular formula is C18H16ClN3O3. The molecule has 1 aromatic heterocycles. The number of carbonyl (C=O) groups is 1. The van der Waals surface area contributed by atoms with E-state index in [9.17, 15) is 4.79 Å². The van der Waals surface area contributed by atoms with Crippen molar-refractivity contribution >= 4 is 23.3 Å². The van der Waals surface area contributed by atoms with Crippen LogP contribution in [-0.2, 0) is 11.3 Å². The number of rotatable bonds is 5. The van der Waals surface area contributed by atoms with Gasteiger partial charge in [-0.2, -0.15) is 4.98 Å². The van der Waals surface area contributed by atoms with Crippen LogP contribution in [0.2, 0.25) is 5.02 Å². The number of benzene rings is 2. The van der Waals surface area contributed by atoms with Crippen molar-refractivity contribution < 1.29 is 14.1 Å². The smallest absolute Gasteiger partial charge is 0.339 e. The Morgan fingerprint density at radius 3 is 2.72 bits per heavy atom. The van der Waals surface area contributed by atoms with E-state index in [0.717, 1.165) is 5.56 Å². The zero-order valence-electron chi connectivity index (χ0n) is 13.7. The van der Waals surface area contributed by atoms with Crippen LogP contribution in [0.25, 0.3) is 11.4 Å². The molecule has 1 heterocycles. The monoisotopic (exact) mass is 357 g/mol. The Kier molecular flexibility index (Phi) is 5.00. The number of hydrogen-bond acceptors (Lipinski definition) is 6. The number of halogens is 1. The second-order valence-corrected chi connectivity index (χ2v) is 5.82. The van der Waals surface area contributed by atoms with Crippen LogP contribution < -0.4 is 5.32 Å². The first-order valence-electron chi connectivity index (χ1n) is 7.58. The highest BCUT2D eigenvalue weighted by atomic mass is 35.5. The highest BCUT2D eigenvalue weighted by Gasteiger charge is 2.12. The molecule has 0 spiro atoms. The fourth-order valence-electron chi connectivity index (χ4n) is 2.23. The van der Waals surface area contributed by atoms with E-state index in [1.54, 1.807) is 18.2 Å². The molecule has 128 valence electrons. The third-order valence-electron chi connectivity index (χ3n) is 3.59. The van der Waals surface area contributed by atoms with Crippen molar-refractivity contribution in [1.82, 2.24) is 10.1 Å². The van der Waals surface area contributed by atoms with Crippen LogP contribution in [0, 0.1) is 6.92 Å². The Labute approximate surface area is 149 Å². The molecule has 0 fully saturated rings. The summed E-state index contributed by atoms with van der Waals surface area (Å²) in [5.41, 5.74) is 3.04. The van der Waals surface area contributed by atoms with Gasteiger partial charge in [-0.3, -0.25) is 0 Å². The van der Waals surface area contributed by atoms with Gasteiger partial charge in [0.05, 0.1) is 24.2 Å². The Morgan fingerprint density at radius 1 is 1.24 bits per heavy atom. The van der Waals surface area contributed by atoms with Crippen molar-refractivity contribution in [1.29, 1.82) is 0 Å². The lowest BCUT2D eigenvalue weighted by Crippen LogP contribution is -2.05. The number of esters is 1. The van der Waals surface area contributed by atoms with Crippen molar-refractivity contribution in [3.8, 4) is 11.4 Å². The van der Waals surface area contributed by atoms with Gasteiger partial charge in [0.2, 0.25) is 11.7 Å². The number of nitrogens with zero attached hydrogens (tertiary/aromatic N) is 2. The predicted octanol–water partition coefficient (Wildman–Crippen LogP) is 4.10. The first-order chi connectivity index (χ1) is 12.1. The summed E-state index contributed by atoms with van der Waals surface area (Å²) < 4.78 is 9.96. The van der Waals surface area contributed by atoms with Gasteiger partial charge in [-0.25, -0.2) is 4.79 Å². The summed E-state index contributed by atoms with van der Waals surface area (Å²) in [6.07, 6.45) is 0. The van der Waals surface area contributed by atoms with Gasteiger partial charge in [-0.05, 0) is 25.1 Å². The van der Waals surface area contributed by atoms with Crippen LogP contribution >= 0.6 is 11.6 Å². The van der Waals surface area contributed by atoms with Gasteiger partial charge in [-0.15, -0.1) is 0 Å². The van der Waals surface area contributed by atoms with E-state index in [4.69, 9.17) is 20.9 Å². The summed E-state index contributed by atoms with van der Waals surface area (Å²) in [5, 5.41) is 7.43. The van der Waals surface area contributed by atoms with E-state index in [1.807, 2.05) is 31.2 Å². The zero-order valence-corrected chi connectivity index (χ0v) is 14.5. The third-order valence-corrected chi connectivity index (χ3v) is 3.92. The molecule has 25 heavy (non-hydrogen) atoms. The average molecular weight is 358 g/mol. The lowest BCUT2D eigenvalue weighted by Gasteiger charge is -2.07. The minimum Gasteiger partial charge on any atom is -0.465 e. The van der Waals surface area contributed by atoms with Crippen LogP contribution in [0.1, 0.15) is 21.8 Å². The van der Waals surface area contributed by atoms with Gasteiger partial charge in [0.25, 0.3) is 0 Å². The lowest BCUT2D eigenvalue weighted by atomic mass is 10.1. The van der Waals surface area contributed by atoms with E-state index >= 15 is 0 Å². The third kappa shape index (κ3) is 3.97. The number of methoxy groups -OCH3 is 1. The maximum Gasteiger partial charge on any atom is 0.339 e. The summed E-state index contributed by atoms with van der Waals surface area (Å²) in [5.74, 6) is 0.474. The Morgan fingerprint density at radius 2 is 2.00 bits per heavy atom. The van der Waals surface area contributed by atoms with Crippen LogP contribution in [0.3, 0.4) is 0 Å². The SMILES string of the molecule is COC(=O)c1cc(NCc2nc(-c3ccc(C)cc3)no2)ccc1Cl. The Hall–Kier alpha value is -2.86. The molecule has 0 amide bonds. The fourth-order valence-corrected chi connectivity index (χ4v) is 2.42. The minimum absolute atomic E-state index is 0.292. The molecule has 3 aromatic rings. The zero-order chi connectivity index (χ0) is 17.8. The van der Waals surface area contributed by atoms with E-state index < -0.39 is 5.97 Å². The van der Waals surface area contributed by atoms with Crippen molar-refractivity contribution in [3.05, 3.63) is 64.5 Å². The molecule has 7 heteroatoms. The van der Waals surface area contributed by atoms with Gasteiger partial charge in [-0.1, -0.05) is 46.6 Å². The van der Waals surface area contributed by atoms with E-state index in [0.29, 0.717) is 34.5 Å². The molecule has 1 N–H and O–H groups in total. The summed E-state index contributed by atoms with van der Waals surface area (Å²) in [6, 6.07) is 12.9. The number of carbonyl (C=O) groups excluding carboxylic acids is 1. The highest BCUT2D eigenvalue weighted by molar-refractivity contribution is 6.33. The number of hydrogen-bond donors (Lipinski definition) is 1. The molecule has 6 nitrogen and oxygen atoms in total. The fraction of sp³-hybridized carbons (Fsp3) is 0.167. The minimum atomic E-state index is -0.493. The summed E-state index contributed by atoms with van der Waals surface area (Å²) >= 11 is 6.00. The Bertz CT molecular complexity index is 891. The van der Waals surface area contributed by atoms with Crippen molar-refractivity contribution in [3.63, 3.8) is 0 Å². The summed E-state index contributed by atoms with van der Waals surface area (Å²) in [4.78, 5) is 16.0. The molecule has 0 saturated carbocycles. The van der Waals surface area contributed by atoms with E-state index in [2.05, 4.69) is 15.5 Å². The van der Waals surface area contributed by atoms with Crippen molar-refractivity contribution in [2.24, 2.45) is 0 Å². The molecular weight excluding hydrogens is 342 g/mol. The maximum atomic E-state index is 11.7. The average Bonchev–Trinajstić information content (AvgIpc) is 3.10. The summed E-state index contributed by atoms with van der Waals surface area (Å²) in [6.45, 7) is 2.34. The van der Waals surface area contributed by atoms with Gasteiger partial charge >= 0.3 is 5.97 Å². The molecule has 0 saturated heterocycles. The second kappa shape index (κ2) is 7.36. The molecule has 0 bridgehead atoms. The van der Waals surface area contributed by atoms with E-state index in [-0.39, 0.29) is 0 Å². The predicted molar refractivity (Wildman–Crippen MR) is 94.6 cm³/mol. The van der Waals surface area contributed by atoms with Crippen LogP contribution in [-0.4, -0.2) is 23.2 Å². The normalized spacial score (nSPS) is 10.5. The first-order valence-corrected chi connectivity index (χ1v) is 7.96. The Balaban J connectivity index is 1.70. The first kappa shape index (κ1) is 17.0. The van der Waals surface area contributed by atoms with Gasteiger partial charge < -0.3 is 14.6 Å². The van der Waals surface area contributed by atoms with Gasteiger partial charge in [0, 0.05) is 11.3 Å². The van der Waals surface area contributed by atoms with Crippen LogP contribution in [0.4, 0.5) is 5.69 Å². The van der Waals surface area contributed by atoms with Crippen molar-refractivity contribution in [2.45, 2.75) is 13.5 Å². The molecule has 0 aliphatic heterocycles. The molecule has 0 atom stereocenters. The van der Waals surface area contributed by atoms with Crippen LogP contribution in [0.15, 0.2) is 47.0 Å². The second-order valence-electron chi connectivity index (χ2n) is 5.42. The molecule has 2 aromatic carbocycles. The molecule has 0 aliphatic carbocycles. The lowest BCUT2D eigenvalue weighted by molar-refractivity contribution is 0.0601. The molecule has 3 rings (SSSR count).